The van der Waals surface area contributed by atoms with E-state index in [9.17, 15) is 9.59 Å². The molecule has 0 aromatic heterocycles. The molecule has 146 valence electrons. The van der Waals surface area contributed by atoms with E-state index in [1.165, 1.54) is 0 Å². The molecule has 1 unspecified atom stereocenters. The van der Waals surface area contributed by atoms with E-state index < -0.39 is 0 Å². The Kier molecular flexibility index (Phi) is 7.09. The molecule has 2 aromatic rings. The molecule has 0 radical (unpaired) electrons. The molecular formula is C22H23ClN2O3. The molecule has 0 saturated carbocycles. The summed E-state index contributed by atoms with van der Waals surface area (Å²) in [4.78, 5) is 24.5. The van der Waals surface area contributed by atoms with E-state index in [0.29, 0.717) is 34.5 Å². The zero-order valence-electron chi connectivity index (χ0n) is 15.5. The van der Waals surface area contributed by atoms with E-state index in [1.807, 2.05) is 24.3 Å². The van der Waals surface area contributed by atoms with E-state index in [-0.39, 0.29) is 24.8 Å². The first-order valence-corrected chi connectivity index (χ1v) is 9.72. The second-order valence-electron chi connectivity index (χ2n) is 6.64. The number of allylic oxidation sites excluding steroid dienone is 2. The Morgan fingerprint density at radius 3 is 2.36 bits per heavy atom. The SMILES string of the molecule is O=C(CCOc1ccccc1Cl)Nc1ccccc1NC(=O)CC1C=CCC1. The van der Waals surface area contributed by atoms with Crippen molar-refractivity contribution in [2.24, 2.45) is 5.92 Å². The summed E-state index contributed by atoms with van der Waals surface area (Å²) in [5, 5.41) is 6.23. The average Bonchev–Trinajstić information content (AvgIpc) is 3.18. The third kappa shape index (κ3) is 5.86. The maximum absolute atomic E-state index is 12.3. The molecule has 0 fully saturated rings. The van der Waals surface area contributed by atoms with Crippen LogP contribution in [0.3, 0.4) is 0 Å². The lowest BCUT2D eigenvalue weighted by molar-refractivity contribution is -0.117. The largest absolute Gasteiger partial charge is 0.491 e. The fraction of sp³-hybridized carbons (Fsp3) is 0.273. The first kappa shape index (κ1) is 20.0. The van der Waals surface area contributed by atoms with Crippen molar-refractivity contribution >= 4 is 34.8 Å². The molecule has 0 spiro atoms. The van der Waals surface area contributed by atoms with Crippen molar-refractivity contribution in [3.8, 4) is 5.75 Å². The van der Waals surface area contributed by atoms with Gasteiger partial charge in [0, 0.05) is 6.42 Å². The Labute approximate surface area is 169 Å². The maximum Gasteiger partial charge on any atom is 0.227 e. The van der Waals surface area contributed by atoms with Gasteiger partial charge in [-0.05, 0) is 43.0 Å². The number of rotatable bonds is 8. The Hall–Kier alpha value is -2.79. The first-order chi connectivity index (χ1) is 13.6. The summed E-state index contributed by atoms with van der Waals surface area (Å²) >= 11 is 6.03. The predicted octanol–water partition coefficient (Wildman–Crippen LogP) is 5.04. The summed E-state index contributed by atoms with van der Waals surface area (Å²) in [5.74, 6) is 0.585. The number of para-hydroxylation sites is 3. The number of hydrogen-bond donors (Lipinski definition) is 2. The minimum Gasteiger partial charge on any atom is -0.491 e. The molecule has 6 heteroatoms. The van der Waals surface area contributed by atoms with Crippen LogP contribution < -0.4 is 15.4 Å². The number of benzene rings is 2. The van der Waals surface area contributed by atoms with Crippen LogP contribution in [0.1, 0.15) is 25.7 Å². The zero-order valence-corrected chi connectivity index (χ0v) is 16.2. The smallest absolute Gasteiger partial charge is 0.227 e. The van der Waals surface area contributed by atoms with Gasteiger partial charge in [-0.25, -0.2) is 0 Å². The van der Waals surface area contributed by atoms with Gasteiger partial charge in [-0.3, -0.25) is 9.59 Å². The number of carbonyl (C=O) groups excluding carboxylic acids is 2. The van der Waals surface area contributed by atoms with E-state index in [4.69, 9.17) is 16.3 Å². The predicted molar refractivity (Wildman–Crippen MR) is 112 cm³/mol. The van der Waals surface area contributed by atoms with Crippen LogP contribution in [0.15, 0.2) is 60.7 Å². The van der Waals surface area contributed by atoms with E-state index in [1.54, 1.807) is 24.3 Å². The number of halogens is 1. The van der Waals surface area contributed by atoms with Gasteiger partial charge >= 0.3 is 0 Å². The fourth-order valence-electron chi connectivity index (χ4n) is 3.03. The second-order valence-corrected chi connectivity index (χ2v) is 7.05. The maximum atomic E-state index is 12.3. The molecule has 0 aliphatic heterocycles. The monoisotopic (exact) mass is 398 g/mol. The molecule has 5 nitrogen and oxygen atoms in total. The molecule has 2 amide bonds. The van der Waals surface area contributed by atoms with Crippen molar-refractivity contribution in [1.82, 2.24) is 0 Å². The Morgan fingerprint density at radius 1 is 1.00 bits per heavy atom. The van der Waals surface area contributed by atoms with Crippen LogP contribution in [0.25, 0.3) is 0 Å². The minimum absolute atomic E-state index is 0.0553. The van der Waals surface area contributed by atoms with Gasteiger partial charge in [-0.2, -0.15) is 0 Å². The molecule has 2 N–H and O–H groups in total. The first-order valence-electron chi connectivity index (χ1n) is 9.34. The Bertz CT molecular complexity index is 866. The molecule has 0 bridgehead atoms. The molecular weight excluding hydrogens is 376 g/mol. The van der Waals surface area contributed by atoms with Gasteiger partial charge in [-0.15, -0.1) is 0 Å². The summed E-state index contributed by atoms with van der Waals surface area (Å²) in [5.41, 5.74) is 1.16. The highest BCUT2D eigenvalue weighted by Gasteiger charge is 2.15. The van der Waals surface area contributed by atoms with Crippen molar-refractivity contribution in [3.05, 3.63) is 65.7 Å². The normalized spacial score (nSPS) is 15.2. The zero-order chi connectivity index (χ0) is 19.8. The number of amides is 2. The molecule has 0 heterocycles. The van der Waals surface area contributed by atoms with Gasteiger partial charge in [0.25, 0.3) is 0 Å². The topological polar surface area (TPSA) is 67.4 Å². The van der Waals surface area contributed by atoms with Crippen LogP contribution >= 0.6 is 11.6 Å². The lowest BCUT2D eigenvalue weighted by atomic mass is 10.0. The summed E-state index contributed by atoms with van der Waals surface area (Å²) in [6.07, 6.45) is 6.85. The van der Waals surface area contributed by atoms with Gasteiger partial charge in [0.15, 0.2) is 0 Å². The van der Waals surface area contributed by atoms with Gasteiger partial charge in [0.1, 0.15) is 5.75 Å². The summed E-state index contributed by atoms with van der Waals surface area (Å²) in [6, 6.07) is 14.3. The van der Waals surface area contributed by atoms with Gasteiger partial charge < -0.3 is 15.4 Å². The van der Waals surface area contributed by atoms with Crippen molar-refractivity contribution in [1.29, 1.82) is 0 Å². The van der Waals surface area contributed by atoms with Crippen LogP contribution in [0.5, 0.6) is 5.75 Å². The van der Waals surface area contributed by atoms with Crippen molar-refractivity contribution < 1.29 is 14.3 Å². The van der Waals surface area contributed by atoms with Crippen molar-refractivity contribution in [3.63, 3.8) is 0 Å². The third-order valence-corrected chi connectivity index (χ3v) is 4.77. The van der Waals surface area contributed by atoms with Crippen LogP contribution in [0, 0.1) is 5.92 Å². The molecule has 3 rings (SSSR count). The van der Waals surface area contributed by atoms with Gasteiger partial charge in [-0.1, -0.05) is 48.0 Å². The van der Waals surface area contributed by atoms with E-state index >= 15 is 0 Å². The highest BCUT2D eigenvalue weighted by atomic mass is 35.5. The Balaban J connectivity index is 1.50. The molecule has 0 saturated heterocycles. The molecule has 1 atom stereocenters. The fourth-order valence-corrected chi connectivity index (χ4v) is 3.22. The highest BCUT2D eigenvalue weighted by Crippen LogP contribution is 2.25. The molecule has 1 aliphatic rings. The van der Waals surface area contributed by atoms with Gasteiger partial charge in [0.2, 0.25) is 11.8 Å². The molecule has 28 heavy (non-hydrogen) atoms. The van der Waals surface area contributed by atoms with Crippen LogP contribution in [-0.2, 0) is 9.59 Å². The molecule has 1 aliphatic carbocycles. The molecule has 2 aromatic carbocycles. The van der Waals surface area contributed by atoms with E-state index in [2.05, 4.69) is 22.8 Å². The third-order valence-electron chi connectivity index (χ3n) is 4.46. The van der Waals surface area contributed by atoms with E-state index in [0.717, 1.165) is 12.8 Å². The van der Waals surface area contributed by atoms with Crippen LogP contribution in [0.4, 0.5) is 11.4 Å². The number of anilines is 2. The summed E-state index contributed by atoms with van der Waals surface area (Å²) in [7, 11) is 0. The quantitative estimate of drug-likeness (QED) is 0.612. The standard InChI is InChI=1S/C22H23ClN2O3/c23-17-9-3-6-12-20(17)28-14-13-21(26)24-18-10-4-5-11-19(18)25-22(27)15-16-7-1-2-8-16/h1,3-7,9-12,16H,2,8,13-15H2,(H,24,26)(H,25,27). The highest BCUT2D eigenvalue weighted by molar-refractivity contribution is 6.32. The minimum atomic E-state index is -0.201. The van der Waals surface area contributed by atoms with Gasteiger partial charge in [0.05, 0.1) is 29.4 Å². The average molecular weight is 399 g/mol. The van der Waals surface area contributed by atoms with Crippen molar-refractivity contribution in [2.45, 2.75) is 25.7 Å². The number of hydrogen-bond acceptors (Lipinski definition) is 3. The van der Waals surface area contributed by atoms with Crippen molar-refractivity contribution in [2.75, 3.05) is 17.2 Å². The van der Waals surface area contributed by atoms with Crippen LogP contribution in [0.2, 0.25) is 5.02 Å². The lowest BCUT2D eigenvalue weighted by Crippen LogP contribution is -2.19. The second kappa shape index (κ2) is 9.95. The number of ether oxygens (including phenoxy) is 1. The summed E-state index contributed by atoms with van der Waals surface area (Å²) in [6.45, 7) is 0.206. The lowest BCUT2D eigenvalue weighted by Gasteiger charge is -2.14. The summed E-state index contributed by atoms with van der Waals surface area (Å²) < 4.78 is 5.55. The number of carbonyl (C=O) groups is 2. The number of nitrogens with one attached hydrogen (secondary N) is 2. The van der Waals surface area contributed by atoms with Crippen LogP contribution in [-0.4, -0.2) is 18.4 Å². The Morgan fingerprint density at radius 2 is 1.68 bits per heavy atom.